The minimum atomic E-state index is -4.59. The van der Waals surface area contributed by atoms with E-state index in [0.717, 1.165) is 112 Å². The fraction of sp³-hybridized carbons (Fsp3) is 0.319. The number of allylic oxidation sites excluding steroid dienone is 21. The fourth-order valence-electron chi connectivity index (χ4n) is 22.0. The van der Waals surface area contributed by atoms with Crippen molar-refractivity contribution in [2.45, 2.75) is 208 Å². The molecule has 0 N–H and O–H groups in total. The molecule has 147 heavy (non-hydrogen) atoms. The van der Waals surface area contributed by atoms with Crippen molar-refractivity contribution < 1.29 is 163 Å². The minimum Gasteiger partial charge on any atom is -1.00 e. The van der Waals surface area contributed by atoms with Crippen LogP contribution in [0, 0.1) is 20.8 Å². The SMILES string of the molecule is CCN1C(=CC=C2CCCC(C=CC3=[N+](CC)c4ccccc4C3(C)C)=C2Oc2ccc(C)cc2)C(C)(C)c2ccccc21.Cc1ccc(OC2=C(/C=C/C3=[N+](CS(=O)(=O)[O-])c4ccccc4C3(C)C)CCC/C2=C\C=C2\N(CS(=O)(=O)[O-])c3ccccc3C2(C)C)cc1.Cc1ccc(OC2=C(/C=C/C3=[N+](CS(=O)(=O)[O-])c4ccccc4C3(C)C)CCC/C2=C\C=C2\N(CS(=O)(=O)[O-])c3ccccc3C2(C)C)cc1.[I-].[Na+].[Na+]. The zero-order valence-corrected chi connectivity index (χ0v) is 97.1. The summed E-state index contributed by atoms with van der Waals surface area (Å²) in [5.41, 5.74) is 24.3. The number of aryl methyl sites for hydroxylation is 3. The van der Waals surface area contributed by atoms with E-state index >= 15 is 0 Å². The van der Waals surface area contributed by atoms with Crippen molar-refractivity contribution >= 4 is 91.7 Å². The van der Waals surface area contributed by atoms with Gasteiger partial charge in [0.1, 0.15) is 73.1 Å². The normalized spacial score (nSPS) is 20.0. The van der Waals surface area contributed by atoms with Crippen LogP contribution in [0.2, 0.25) is 0 Å². The van der Waals surface area contributed by atoms with Crippen LogP contribution in [-0.4, -0.2) is 119 Å². The van der Waals surface area contributed by atoms with E-state index in [2.05, 4.69) is 155 Å². The van der Waals surface area contributed by atoms with Gasteiger partial charge < -0.3 is 71.1 Å². The van der Waals surface area contributed by atoms with Crippen LogP contribution in [0.25, 0.3) is 0 Å². The second-order valence-electron chi connectivity index (χ2n) is 41.6. The summed E-state index contributed by atoms with van der Waals surface area (Å²) in [6.45, 7) is 37.9. The maximum atomic E-state index is 12.0. The van der Waals surface area contributed by atoms with Crippen molar-refractivity contribution in [3.63, 3.8) is 0 Å². The molecule has 758 valence electrons. The molecule has 28 heteroatoms. The average Bonchev–Trinajstić information content (AvgIpc) is 1.63. The predicted molar refractivity (Wildman–Crippen MR) is 572 cm³/mol. The summed E-state index contributed by atoms with van der Waals surface area (Å²) < 4.78 is 170. The van der Waals surface area contributed by atoms with Gasteiger partial charge in [-0.15, -0.1) is 0 Å². The van der Waals surface area contributed by atoms with Gasteiger partial charge in [-0.25, -0.2) is 33.7 Å². The number of halogens is 1. The van der Waals surface area contributed by atoms with Crippen LogP contribution < -0.4 is 112 Å². The molecule has 9 aliphatic rings. The Morgan fingerprint density at radius 2 is 0.558 bits per heavy atom. The van der Waals surface area contributed by atoms with Gasteiger partial charge in [-0.2, -0.15) is 13.7 Å². The molecular weight excluding hydrogens is 2050 g/mol. The number of hydrogen-bond donors (Lipinski definition) is 0. The van der Waals surface area contributed by atoms with Crippen LogP contribution in [0.1, 0.15) is 205 Å². The molecule has 9 aromatic rings. The van der Waals surface area contributed by atoms with Gasteiger partial charge in [-0.3, -0.25) is 0 Å². The first kappa shape index (κ1) is 114. The third-order valence-corrected chi connectivity index (χ3v) is 31.7. The van der Waals surface area contributed by atoms with Crippen LogP contribution >= 0.6 is 0 Å². The number of rotatable bonds is 25. The molecule has 9 aromatic carbocycles. The second-order valence-corrected chi connectivity index (χ2v) is 47.1. The Kier molecular flexibility index (Phi) is 35.5. The molecule has 0 spiro atoms. The Hall–Kier alpha value is -9.96. The van der Waals surface area contributed by atoms with Crippen LogP contribution in [0.3, 0.4) is 0 Å². The Bertz CT molecular complexity index is 7300. The summed E-state index contributed by atoms with van der Waals surface area (Å²) in [5, 5.41) is 0. The minimum absolute atomic E-state index is 0. The second kappa shape index (κ2) is 45.7. The molecule has 0 atom stereocenters. The summed E-state index contributed by atoms with van der Waals surface area (Å²) in [5.74, 6) is 1.70. The molecule has 0 fully saturated rings. The number of hydrogen-bond acceptors (Lipinski definition) is 18. The van der Waals surface area contributed by atoms with Crippen molar-refractivity contribution in [1.82, 2.24) is 0 Å². The largest absolute Gasteiger partial charge is 1.00 e. The number of ether oxygens (including phenoxy) is 3. The van der Waals surface area contributed by atoms with Crippen LogP contribution in [0.15, 0.2) is 359 Å². The van der Waals surface area contributed by atoms with Gasteiger partial charge in [-0.05, 0) is 275 Å². The van der Waals surface area contributed by atoms with Crippen molar-refractivity contribution in [1.29, 1.82) is 0 Å². The van der Waals surface area contributed by atoms with Gasteiger partial charge in [0.2, 0.25) is 28.8 Å². The summed E-state index contributed by atoms with van der Waals surface area (Å²) in [6.07, 6.45) is 32.2. The van der Waals surface area contributed by atoms with E-state index in [0.29, 0.717) is 94.3 Å². The van der Waals surface area contributed by atoms with Crippen LogP contribution in [0.5, 0.6) is 17.2 Å². The van der Waals surface area contributed by atoms with Crippen molar-refractivity contribution in [2.75, 3.05) is 51.3 Å². The monoisotopic (exact) mass is 2180 g/mol. The Balaban J connectivity index is 0.000000183. The number of anilines is 3. The average molecular weight is 2180 g/mol. The quantitative estimate of drug-likeness (QED) is 0.0222. The zero-order valence-electron chi connectivity index (χ0n) is 87.6. The molecule has 0 radical (unpaired) electrons. The maximum Gasteiger partial charge on any atom is 1.00 e. The number of nitrogens with zero attached hydrogens (tertiary/aromatic N) is 6. The van der Waals surface area contributed by atoms with E-state index in [1.807, 2.05) is 263 Å². The smallest absolute Gasteiger partial charge is 1.00 e. The first-order chi connectivity index (χ1) is 68.1. The van der Waals surface area contributed by atoms with E-state index in [1.165, 1.54) is 50.6 Å². The van der Waals surface area contributed by atoms with E-state index < -0.39 is 85.6 Å². The number of fused-ring (bicyclic) bond motifs is 6. The molecule has 0 aromatic heterocycles. The van der Waals surface area contributed by atoms with Gasteiger partial charge >= 0.3 is 59.1 Å². The Morgan fingerprint density at radius 3 is 0.830 bits per heavy atom. The molecule has 0 bridgehead atoms. The zero-order chi connectivity index (χ0) is 103. The van der Waals surface area contributed by atoms with Gasteiger partial charge in [0, 0.05) is 110 Å². The topological polar surface area (TPSA) is 275 Å². The maximum absolute atomic E-state index is 12.0. The van der Waals surface area contributed by atoms with Gasteiger partial charge in [0.05, 0.1) is 16.2 Å². The molecule has 0 amide bonds. The summed E-state index contributed by atoms with van der Waals surface area (Å²) >= 11 is 0. The van der Waals surface area contributed by atoms with E-state index in [1.54, 1.807) is 19.0 Å². The third kappa shape index (κ3) is 24.8. The number of para-hydroxylation sites is 6. The predicted octanol–water partition coefficient (Wildman–Crippen LogP) is 15.2. The third-order valence-electron chi connectivity index (χ3n) is 29.4. The van der Waals surface area contributed by atoms with Crippen molar-refractivity contribution in [3.05, 3.63) is 409 Å². The van der Waals surface area contributed by atoms with E-state index in [4.69, 9.17) is 14.2 Å². The molecule has 6 heterocycles. The first-order valence-corrected chi connectivity index (χ1v) is 55.7. The number of benzene rings is 9. The Morgan fingerprint density at radius 1 is 0.306 bits per heavy atom. The molecule has 0 unspecified atom stereocenters. The van der Waals surface area contributed by atoms with Crippen LogP contribution in [-0.2, 0) is 73.0 Å². The van der Waals surface area contributed by atoms with Crippen LogP contribution in [0.4, 0.5) is 34.1 Å². The Labute approximate surface area is 931 Å². The van der Waals surface area contributed by atoms with E-state index in [9.17, 15) is 51.9 Å². The summed E-state index contributed by atoms with van der Waals surface area (Å²) in [6, 6.07) is 71.6. The standard InChI is InChI=1S/C41H47N2O.2C39H42N2O7S2.HI.2Na/c1-8-42-35-19-12-10-17-33(35)40(4,5)37(42)27-23-30-15-14-16-31(39(30)44-32-25-21-29(3)22-26-32)24-28-38-41(6,7)34-18-11-13-20-36(34)43(38)9-2;2*1-27-17-21-30(22-18-27)48-37-28(19-23-35-38(2,3)31-13-6-8-15-33(31)40(35)25-49(42,43)44)11-10-12-29(37)20-24-36-39(4,5)32-14-7-9-16-34(32)41(36)26-50(45,46)47;;;/h10-13,17-28H,8-9,14-16H2,1-7H3;2*6-9,13-24H,10-12,25-26H2,1-5H3,(H-,42,43,44,45,46,47);1H;;/q+1;;;;2*+1/p-3. The molecule has 6 aliphatic heterocycles. The van der Waals surface area contributed by atoms with E-state index in [-0.39, 0.29) is 93.9 Å². The van der Waals surface area contributed by atoms with Crippen molar-refractivity contribution in [3.8, 4) is 17.2 Å². The number of likely N-dealkylation sites (N-methyl/N-ethyl adjacent to an activating group) is 1. The van der Waals surface area contributed by atoms with Crippen molar-refractivity contribution in [2.24, 2.45) is 0 Å². The summed E-state index contributed by atoms with van der Waals surface area (Å²) in [4.78, 5) is 5.63. The van der Waals surface area contributed by atoms with Gasteiger partial charge in [-0.1, -0.05) is 222 Å². The molecule has 21 nitrogen and oxygen atoms in total. The van der Waals surface area contributed by atoms with Gasteiger partial charge in [0.15, 0.2) is 37.4 Å². The molecule has 0 saturated carbocycles. The molecule has 18 rings (SSSR count). The molecule has 3 aliphatic carbocycles. The first-order valence-electron chi connectivity index (χ1n) is 49.4. The molecular formula is C119H129IN6Na2O15S4. The summed E-state index contributed by atoms with van der Waals surface area (Å²) in [7, 11) is -18.4. The fourth-order valence-corrected chi connectivity index (χ4v) is 24.4. The van der Waals surface area contributed by atoms with Gasteiger partial charge in [0.25, 0.3) is 0 Å². The molecule has 0 saturated heterocycles.